The van der Waals surface area contributed by atoms with E-state index in [4.69, 9.17) is 0 Å². The number of aliphatic hydroxyl groups is 1. The van der Waals surface area contributed by atoms with Crippen LogP contribution in [-0.2, 0) is 14.8 Å². The smallest absolute Gasteiger partial charge is 0.244 e. The summed E-state index contributed by atoms with van der Waals surface area (Å²) in [7, 11) is -0.0274. The van der Waals surface area contributed by atoms with Crippen LogP contribution in [0.25, 0.3) is 10.8 Å². The molecular weight excluding hydrogens is 474 g/mol. The fourth-order valence-electron chi connectivity index (χ4n) is 8.07. The molecule has 2 N–H and O–H groups in total. The molecule has 0 aromatic heterocycles. The van der Waals surface area contributed by atoms with E-state index in [1.807, 2.05) is 43.3 Å². The Morgan fingerprint density at radius 1 is 1.06 bits per heavy atom. The van der Waals surface area contributed by atoms with E-state index in [-0.39, 0.29) is 28.7 Å². The third-order valence-corrected chi connectivity index (χ3v) is 11.6. The Labute approximate surface area is 213 Å². The SMILES string of the molecule is CN(C)c1cccc2c(S(=O)(=O)N3CCC[C@]3(C)C(=O)NC3C4CC5CC3CC(O)(C5)C4)cccc12. The minimum Gasteiger partial charge on any atom is -0.390 e. The van der Waals surface area contributed by atoms with Crippen molar-refractivity contribution in [2.75, 3.05) is 25.5 Å². The minimum absolute atomic E-state index is 0.0245. The minimum atomic E-state index is -3.92. The highest BCUT2D eigenvalue weighted by Crippen LogP contribution is 2.55. The van der Waals surface area contributed by atoms with Crippen LogP contribution >= 0.6 is 0 Å². The predicted molar refractivity (Wildman–Crippen MR) is 140 cm³/mol. The third-order valence-electron chi connectivity index (χ3n) is 9.51. The highest BCUT2D eigenvalue weighted by Gasteiger charge is 2.57. The largest absolute Gasteiger partial charge is 0.390 e. The molecule has 1 heterocycles. The highest BCUT2D eigenvalue weighted by atomic mass is 32.2. The van der Waals surface area contributed by atoms with E-state index >= 15 is 0 Å². The van der Waals surface area contributed by atoms with Crippen LogP contribution in [0.4, 0.5) is 5.69 Å². The Morgan fingerprint density at radius 2 is 1.72 bits per heavy atom. The molecule has 5 fully saturated rings. The molecule has 1 saturated heterocycles. The Bertz CT molecular complexity index is 1310. The van der Waals surface area contributed by atoms with Crippen LogP contribution in [-0.4, -0.2) is 61.6 Å². The number of fused-ring (bicyclic) bond motifs is 1. The van der Waals surface area contributed by atoms with Gasteiger partial charge in [0.1, 0.15) is 5.54 Å². The first-order valence-electron chi connectivity index (χ1n) is 13.3. The van der Waals surface area contributed by atoms with Crippen molar-refractivity contribution < 1.29 is 18.3 Å². The van der Waals surface area contributed by atoms with Gasteiger partial charge in [-0.05, 0) is 81.8 Å². The first kappa shape index (κ1) is 24.2. The molecule has 7 rings (SSSR count). The van der Waals surface area contributed by atoms with Gasteiger partial charge in [0.2, 0.25) is 15.9 Å². The highest BCUT2D eigenvalue weighted by molar-refractivity contribution is 7.89. The van der Waals surface area contributed by atoms with Gasteiger partial charge in [-0.25, -0.2) is 8.42 Å². The van der Waals surface area contributed by atoms with Crippen LogP contribution < -0.4 is 10.2 Å². The zero-order valence-electron chi connectivity index (χ0n) is 21.4. The molecule has 4 aliphatic carbocycles. The van der Waals surface area contributed by atoms with E-state index in [9.17, 15) is 18.3 Å². The van der Waals surface area contributed by atoms with Crippen molar-refractivity contribution in [3.05, 3.63) is 36.4 Å². The molecule has 3 atom stereocenters. The number of carbonyl (C=O) groups excluding carboxylic acids is 1. The van der Waals surface area contributed by atoms with E-state index in [1.165, 1.54) is 4.31 Å². The van der Waals surface area contributed by atoms with Gasteiger partial charge in [0.25, 0.3) is 0 Å². The molecule has 2 aromatic carbocycles. The van der Waals surface area contributed by atoms with Crippen molar-refractivity contribution in [3.63, 3.8) is 0 Å². The summed E-state index contributed by atoms with van der Waals surface area (Å²) in [4.78, 5) is 16.1. The standard InChI is InChI=1S/C28H37N3O4S/c1-27(26(32)29-25-19-13-18-14-20(25)17-28(33,15-18)16-19)11-6-12-31(27)36(34,35)24-10-5-7-21-22(24)8-4-9-23(21)30(2)3/h4-5,7-10,18-20,25,33H,6,11-17H2,1-3H3,(H,29,32)/t18?,19?,20?,25?,27-,28?/m1/s1. The van der Waals surface area contributed by atoms with Crippen LogP contribution in [0.2, 0.25) is 0 Å². The quantitative estimate of drug-likeness (QED) is 0.641. The van der Waals surface area contributed by atoms with Crippen molar-refractivity contribution >= 4 is 32.4 Å². The average Bonchev–Trinajstić information content (AvgIpc) is 3.23. The Morgan fingerprint density at radius 3 is 2.39 bits per heavy atom. The summed E-state index contributed by atoms with van der Waals surface area (Å²) >= 11 is 0. The van der Waals surface area contributed by atoms with Crippen molar-refractivity contribution in [1.29, 1.82) is 0 Å². The van der Waals surface area contributed by atoms with Gasteiger partial charge in [-0.3, -0.25) is 4.79 Å². The molecule has 2 unspecified atom stereocenters. The first-order chi connectivity index (χ1) is 17.0. The Balaban J connectivity index is 1.31. The van der Waals surface area contributed by atoms with Gasteiger partial charge < -0.3 is 15.3 Å². The second kappa shape index (κ2) is 8.17. The molecular formula is C28H37N3O4S. The molecule has 2 aromatic rings. The Kier molecular flexibility index (Phi) is 5.49. The monoisotopic (exact) mass is 511 g/mol. The number of amides is 1. The zero-order valence-corrected chi connectivity index (χ0v) is 22.2. The molecule has 194 valence electrons. The summed E-state index contributed by atoms with van der Waals surface area (Å²) in [5, 5.41) is 15.8. The predicted octanol–water partition coefficient (Wildman–Crippen LogP) is 3.50. The van der Waals surface area contributed by atoms with E-state index in [0.717, 1.165) is 43.2 Å². The lowest BCUT2D eigenvalue weighted by atomic mass is 9.52. The van der Waals surface area contributed by atoms with E-state index in [0.29, 0.717) is 30.7 Å². The van der Waals surface area contributed by atoms with Gasteiger partial charge in [0.15, 0.2) is 0 Å². The van der Waals surface area contributed by atoms with E-state index < -0.39 is 21.2 Å². The number of hydrogen-bond donors (Lipinski definition) is 2. The molecule has 4 bridgehead atoms. The maximum Gasteiger partial charge on any atom is 0.244 e. The molecule has 1 aliphatic heterocycles. The molecule has 5 aliphatic rings. The van der Waals surface area contributed by atoms with Gasteiger partial charge in [-0.15, -0.1) is 0 Å². The van der Waals surface area contributed by atoms with Crippen LogP contribution in [0.3, 0.4) is 0 Å². The van der Waals surface area contributed by atoms with Gasteiger partial charge in [0, 0.05) is 43.1 Å². The number of benzene rings is 2. The van der Waals surface area contributed by atoms with E-state index in [1.54, 1.807) is 19.1 Å². The summed E-state index contributed by atoms with van der Waals surface area (Å²) in [5.74, 6) is 0.922. The lowest BCUT2D eigenvalue weighted by molar-refractivity contribution is -0.150. The number of carbonyl (C=O) groups is 1. The summed E-state index contributed by atoms with van der Waals surface area (Å²) in [5.41, 5.74) is -0.745. The fourth-order valence-corrected chi connectivity index (χ4v) is 10.1. The average molecular weight is 512 g/mol. The molecule has 0 radical (unpaired) electrons. The number of sulfonamides is 1. The number of rotatable bonds is 5. The Hall–Kier alpha value is -2.16. The molecule has 0 spiro atoms. The van der Waals surface area contributed by atoms with Crippen LogP contribution in [0, 0.1) is 17.8 Å². The number of nitrogens with one attached hydrogen (secondary N) is 1. The number of anilines is 1. The number of hydrogen-bond acceptors (Lipinski definition) is 5. The van der Waals surface area contributed by atoms with Crippen molar-refractivity contribution in [2.24, 2.45) is 17.8 Å². The van der Waals surface area contributed by atoms with Gasteiger partial charge in [-0.1, -0.05) is 24.3 Å². The second-order valence-corrected chi connectivity index (χ2v) is 14.0. The lowest BCUT2D eigenvalue weighted by Crippen LogP contribution is -2.65. The fraction of sp³-hybridized carbons (Fsp3) is 0.607. The van der Waals surface area contributed by atoms with Gasteiger partial charge >= 0.3 is 0 Å². The molecule has 1 amide bonds. The van der Waals surface area contributed by atoms with Crippen LogP contribution in [0.5, 0.6) is 0 Å². The molecule has 8 heteroatoms. The summed E-state index contributed by atoms with van der Waals surface area (Å²) in [6, 6.07) is 11.1. The van der Waals surface area contributed by atoms with Gasteiger partial charge in [0.05, 0.1) is 10.5 Å². The molecule has 7 nitrogen and oxygen atoms in total. The first-order valence-corrected chi connectivity index (χ1v) is 14.7. The summed E-state index contributed by atoms with van der Waals surface area (Å²) in [6.07, 6.45) is 5.63. The summed E-state index contributed by atoms with van der Waals surface area (Å²) < 4.78 is 29.7. The van der Waals surface area contributed by atoms with Crippen molar-refractivity contribution in [2.45, 2.75) is 73.9 Å². The maximum absolute atomic E-state index is 14.1. The van der Waals surface area contributed by atoms with Crippen LogP contribution in [0.1, 0.15) is 51.9 Å². The summed E-state index contributed by atoms with van der Waals surface area (Å²) in [6.45, 7) is 2.11. The topological polar surface area (TPSA) is 90.0 Å². The molecule has 36 heavy (non-hydrogen) atoms. The lowest BCUT2D eigenvalue weighted by Gasteiger charge is -2.58. The molecule has 4 saturated carbocycles. The van der Waals surface area contributed by atoms with E-state index in [2.05, 4.69) is 5.32 Å². The van der Waals surface area contributed by atoms with Crippen molar-refractivity contribution in [3.8, 4) is 0 Å². The van der Waals surface area contributed by atoms with Gasteiger partial charge in [-0.2, -0.15) is 4.31 Å². The normalized spacial score (nSPS) is 35.9. The zero-order chi connectivity index (χ0) is 25.5. The van der Waals surface area contributed by atoms with Crippen LogP contribution in [0.15, 0.2) is 41.3 Å². The second-order valence-electron chi connectivity index (χ2n) is 12.2. The number of nitrogens with zero attached hydrogens (tertiary/aromatic N) is 2. The van der Waals surface area contributed by atoms with Crippen molar-refractivity contribution in [1.82, 2.24) is 9.62 Å². The third kappa shape index (κ3) is 3.59. The maximum atomic E-state index is 14.1.